The normalized spacial score (nSPS) is 14.8. The number of nitrogens with one attached hydrogen (secondary N) is 2. The maximum atomic E-state index is 14.3. The molecule has 1 aromatic heterocycles. The number of carbonyl (C=O) groups is 1. The SMILES string of the molecule is CC(CC(=O)Nc1ccc(OCc2ccccn2)c(F)c1)C1CCNCC1.Cl.Cl. The van der Waals surface area contributed by atoms with Gasteiger partial charge >= 0.3 is 0 Å². The van der Waals surface area contributed by atoms with Gasteiger partial charge < -0.3 is 15.4 Å². The molecule has 29 heavy (non-hydrogen) atoms. The van der Waals surface area contributed by atoms with Crippen molar-refractivity contribution in [2.24, 2.45) is 11.8 Å². The molecule has 160 valence electrons. The minimum Gasteiger partial charge on any atom is -0.484 e. The van der Waals surface area contributed by atoms with Crippen LogP contribution in [0, 0.1) is 17.7 Å². The summed E-state index contributed by atoms with van der Waals surface area (Å²) >= 11 is 0. The number of halogens is 3. The maximum Gasteiger partial charge on any atom is 0.224 e. The fourth-order valence-corrected chi connectivity index (χ4v) is 3.42. The highest BCUT2D eigenvalue weighted by atomic mass is 35.5. The number of pyridine rings is 1. The number of amides is 1. The number of benzene rings is 1. The summed E-state index contributed by atoms with van der Waals surface area (Å²) in [6.07, 6.45) is 4.32. The molecule has 1 saturated heterocycles. The van der Waals surface area contributed by atoms with Crippen LogP contribution < -0.4 is 15.4 Å². The van der Waals surface area contributed by atoms with Gasteiger partial charge in [-0.1, -0.05) is 13.0 Å². The fraction of sp³-hybridized carbons (Fsp3) is 0.429. The first-order valence-electron chi connectivity index (χ1n) is 9.44. The van der Waals surface area contributed by atoms with E-state index in [0.29, 0.717) is 23.9 Å². The molecule has 2 heterocycles. The van der Waals surface area contributed by atoms with E-state index in [1.807, 2.05) is 18.2 Å². The number of aromatic nitrogens is 1. The van der Waals surface area contributed by atoms with Crippen molar-refractivity contribution in [2.75, 3.05) is 18.4 Å². The van der Waals surface area contributed by atoms with Crippen molar-refractivity contribution in [1.29, 1.82) is 0 Å². The topological polar surface area (TPSA) is 63.2 Å². The lowest BCUT2D eigenvalue weighted by Crippen LogP contribution is -2.32. The lowest BCUT2D eigenvalue weighted by molar-refractivity contribution is -0.117. The van der Waals surface area contributed by atoms with Gasteiger partial charge in [0.1, 0.15) is 6.61 Å². The number of carbonyl (C=O) groups excluding carboxylic acids is 1. The van der Waals surface area contributed by atoms with Crippen molar-refractivity contribution in [2.45, 2.75) is 32.8 Å². The number of hydrogen-bond donors (Lipinski definition) is 2. The maximum absolute atomic E-state index is 14.3. The molecular formula is C21H28Cl2FN3O2. The minimum absolute atomic E-state index is 0. The third-order valence-corrected chi connectivity index (χ3v) is 5.01. The summed E-state index contributed by atoms with van der Waals surface area (Å²) in [6.45, 7) is 4.34. The van der Waals surface area contributed by atoms with Gasteiger partial charge in [-0.25, -0.2) is 4.39 Å². The van der Waals surface area contributed by atoms with Crippen LogP contribution in [-0.2, 0) is 11.4 Å². The first-order chi connectivity index (χ1) is 13.1. The highest BCUT2D eigenvalue weighted by Crippen LogP contribution is 2.26. The first-order valence-corrected chi connectivity index (χ1v) is 9.44. The highest BCUT2D eigenvalue weighted by Gasteiger charge is 2.22. The molecule has 1 unspecified atom stereocenters. The summed E-state index contributed by atoms with van der Waals surface area (Å²) in [4.78, 5) is 16.4. The lowest BCUT2D eigenvalue weighted by atomic mass is 9.84. The molecule has 1 amide bonds. The summed E-state index contributed by atoms with van der Waals surface area (Å²) < 4.78 is 19.7. The summed E-state index contributed by atoms with van der Waals surface area (Å²) in [5.41, 5.74) is 1.17. The average Bonchev–Trinajstić information content (AvgIpc) is 2.68. The molecule has 1 fully saturated rings. The predicted octanol–water partition coefficient (Wildman–Crippen LogP) is 4.61. The number of nitrogens with zero attached hydrogens (tertiary/aromatic N) is 1. The van der Waals surface area contributed by atoms with E-state index < -0.39 is 5.82 Å². The van der Waals surface area contributed by atoms with Crippen LogP contribution in [0.4, 0.5) is 10.1 Å². The zero-order valence-electron chi connectivity index (χ0n) is 16.4. The van der Waals surface area contributed by atoms with E-state index in [0.717, 1.165) is 31.6 Å². The third kappa shape index (κ3) is 7.80. The van der Waals surface area contributed by atoms with Crippen molar-refractivity contribution in [3.8, 4) is 5.75 Å². The number of hydrogen-bond acceptors (Lipinski definition) is 4. The molecular weight excluding hydrogens is 416 g/mol. The molecule has 0 spiro atoms. The van der Waals surface area contributed by atoms with Gasteiger partial charge in [-0.15, -0.1) is 24.8 Å². The van der Waals surface area contributed by atoms with E-state index in [1.165, 1.54) is 12.1 Å². The summed E-state index contributed by atoms with van der Waals surface area (Å²) in [5, 5.41) is 6.13. The van der Waals surface area contributed by atoms with Crippen LogP contribution in [-0.4, -0.2) is 24.0 Å². The van der Waals surface area contributed by atoms with Crippen molar-refractivity contribution >= 4 is 36.4 Å². The molecule has 3 rings (SSSR count). The Morgan fingerprint density at radius 1 is 1.28 bits per heavy atom. The second-order valence-corrected chi connectivity index (χ2v) is 7.07. The van der Waals surface area contributed by atoms with Crippen LogP contribution in [0.1, 0.15) is 31.9 Å². The quantitative estimate of drug-likeness (QED) is 0.655. The van der Waals surface area contributed by atoms with E-state index in [2.05, 4.69) is 22.5 Å². The molecule has 2 aromatic rings. The van der Waals surface area contributed by atoms with Crippen LogP contribution in [0.15, 0.2) is 42.6 Å². The first kappa shape index (κ1) is 25.1. The Hall–Kier alpha value is -1.89. The Balaban J connectivity index is 0.00000210. The van der Waals surface area contributed by atoms with Crippen LogP contribution in [0.5, 0.6) is 5.75 Å². The Labute approximate surface area is 183 Å². The van der Waals surface area contributed by atoms with Gasteiger partial charge in [0.25, 0.3) is 0 Å². The second kappa shape index (κ2) is 12.6. The van der Waals surface area contributed by atoms with E-state index in [1.54, 1.807) is 12.3 Å². The Kier molecular flexibility index (Phi) is 10.9. The highest BCUT2D eigenvalue weighted by molar-refractivity contribution is 5.90. The minimum atomic E-state index is -0.505. The molecule has 8 heteroatoms. The Morgan fingerprint density at radius 3 is 2.69 bits per heavy atom. The third-order valence-electron chi connectivity index (χ3n) is 5.01. The van der Waals surface area contributed by atoms with E-state index >= 15 is 0 Å². The zero-order chi connectivity index (χ0) is 19.1. The van der Waals surface area contributed by atoms with Gasteiger partial charge in [-0.2, -0.15) is 0 Å². The average molecular weight is 444 g/mol. The zero-order valence-corrected chi connectivity index (χ0v) is 18.0. The van der Waals surface area contributed by atoms with Gasteiger partial charge in [0.15, 0.2) is 11.6 Å². The van der Waals surface area contributed by atoms with Crippen LogP contribution in [0.3, 0.4) is 0 Å². The summed E-state index contributed by atoms with van der Waals surface area (Å²) in [6, 6.07) is 9.96. The molecule has 0 radical (unpaired) electrons. The lowest BCUT2D eigenvalue weighted by Gasteiger charge is -2.27. The van der Waals surface area contributed by atoms with Gasteiger partial charge in [-0.05, 0) is 62.0 Å². The van der Waals surface area contributed by atoms with Gasteiger partial charge in [0, 0.05) is 24.4 Å². The van der Waals surface area contributed by atoms with Crippen LogP contribution in [0.25, 0.3) is 0 Å². The molecule has 1 aliphatic heterocycles. The smallest absolute Gasteiger partial charge is 0.224 e. The van der Waals surface area contributed by atoms with E-state index in [-0.39, 0.29) is 43.1 Å². The molecule has 0 bridgehead atoms. The Morgan fingerprint density at radius 2 is 2.03 bits per heavy atom. The number of ether oxygens (including phenoxy) is 1. The molecule has 5 nitrogen and oxygen atoms in total. The van der Waals surface area contributed by atoms with Crippen molar-refractivity contribution in [3.05, 3.63) is 54.1 Å². The Bertz CT molecular complexity index is 759. The molecule has 0 saturated carbocycles. The largest absolute Gasteiger partial charge is 0.484 e. The van der Waals surface area contributed by atoms with Crippen molar-refractivity contribution in [1.82, 2.24) is 10.3 Å². The van der Waals surface area contributed by atoms with Crippen molar-refractivity contribution < 1.29 is 13.9 Å². The molecule has 1 aliphatic rings. The van der Waals surface area contributed by atoms with Crippen LogP contribution in [0.2, 0.25) is 0 Å². The fourth-order valence-electron chi connectivity index (χ4n) is 3.42. The molecule has 2 N–H and O–H groups in total. The van der Waals surface area contributed by atoms with Gasteiger partial charge in [-0.3, -0.25) is 9.78 Å². The molecule has 1 aromatic carbocycles. The molecule has 0 aliphatic carbocycles. The van der Waals surface area contributed by atoms with Crippen molar-refractivity contribution in [3.63, 3.8) is 0 Å². The van der Waals surface area contributed by atoms with E-state index in [9.17, 15) is 9.18 Å². The number of anilines is 1. The predicted molar refractivity (Wildman–Crippen MR) is 117 cm³/mol. The second-order valence-electron chi connectivity index (χ2n) is 7.07. The summed E-state index contributed by atoms with van der Waals surface area (Å²) in [5.74, 6) is 0.438. The monoisotopic (exact) mass is 443 g/mol. The van der Waals surface area contributed by atoms with Gasteiger partial charge in [0.05, 0.1) is 5.69 Å². The standard InChI is InChI=1S/C21H26FN3O2.2ClH/c1-15(16-7-10-23-11-8-16)12-21(26)25-17-5-6-20(19(22)13-17)27-14-18-4-2-3-9-24-18;;/h2-6,9,13,15-16,23H,7-8,10-12,14H2,1H3,(H,25,26);2*1H. The number of rotatable bonds is 7. The summed E-state index contributed by atoms with van der Waals surface area (Å²) in [7, 11) is 0. The van der Waals surface area contributed by atoms with Crippen LogP contribution >= 0.6 is 24.8 Å². The van der Waals surface area contributed by atoms with E-state index in [4.69, 9.17) is 4.74 Å². The van der Waals surface area contributed by atoms with Gasteiger partial charge in [0.2, 0.25) is 5.91 Å². The molecule has 1 atom stereocenters. The number of piperidine rings is 1.